The van der Waals surface area contributed by atoms with E-state index in [0.29, 0.717) is 41.2 Å². The minimum Gasteiger partial charge on any atom is -0.379 e. The van der Waals surface area contributed by atoms with Crippen LogP contribution in [-0.2, 0) is 10.3 Å². The van der Waals surface area contributed by atoms with Crippen molar-refractivity contribution >= 4 is 17.1 Å². The summed E-state index contributed by atoms with van der Waals surface area (Å²) in [5.74, 6) is -2.46. The molecule has 0 amide bonds. The number of fused-ring (bicyclic) bond motifs is 1. The molecule has 0 radical (unpaired) electrons. The zero-order chi connectivity index (χ0) is 19.2. The Morgan fingerprint density at radius 1 is 1.33 bits per heavy atom. The fourth-order valence-corrected chi connectivity index (χ4v) is 4.22. The maximum Gasteiger partial charge on any atom is 0.248 e. The zero-order valence-electron chi connectivity index (χ0n) is 14.8. The Bertz CT molecular complexity index is 828. The molecule has 1 saturated carbocycles. The van der Waals surface area contributed by atoms with Crippen molar-refractivity contribution < 1.29 is 23.7 Å². The maximum absolute atomic E-state index is 13.3. The molecule has 4 rings (SSSR count). The molecule has 2 aromatic heterocycles. The van der Waals surface area contributed by atoms with Crippen LogP contribution in [0, 0.1) is 5.92 Å². The highest BCUT2D eigenvalue weighted by molar-refractivity contribution is 6.34. The highest BCUT2D eigenvalue weighted by atomic mass is 35.5. The molecule has 148 valence electrons. The van der Waals surface area contributed by atoms with Crippen LogP contribution in [0.3, 0.4) is 0 Å². The lowest BCUT2D eigenvalue weighted by molar-refractivity contribution is -0.187. The van der Waals surface area contributed by atoms with Gasteiger partial charge >= 0.3 is 0 Å². The van der Waals surface area contributed by atoms with Crippen molar-refractivity contribution in [3.63, 3.8) is 0 Å². The summed E-state index contributed by atoms with van der Waals surface area (Å²) in [7, 11) is 0. The molecule has 2 fully saturated rings. The van der Waals surface area contributed by atoms with Gasteiger partial charge < -0.3 is 19.4 Å². The van der Waals surface area contributed by atoms with E-state index in [-0.39, 0.29) is 32.0 Å². The number of pyridine rings is 1. The first-order valence-corrected chi connectivity index (χ1v) is 9.56. The summed E-state index contributed by atoms with van der Waals surface area (Å²) < 4.78 is 33.5. The van der Waals surface area contributed by atoms with Crippen LogP contribution in [0.1, 0.15) is 43.2 Å². The van der Waals surface area contributed by atoms with Gasteiger partial charge in [-0.2, -0.15) is 0 Å². The van der Waals surface area contributed by atoms with Crippen LogP contribution in [0.2, 0.25) is 5.02 Å². The Balaban J connectivity index is 1.54. The second-order valence-electron chi connectivity index (χ2n) is 7.69. The van der Waals surface area contributed by atoms with Crippen molar-refractivity contribution in [3.05, 3.63) is 40.7 Å². The molecule has 0 spiro atoms. The molecule has 2 aliphatic rings. The van der Waals surface area contributed by atoms with E-state index in [1.165, 1.54) is 0 Å². The average Bonchev–Trinajstić information content (AvgIpc) is 3.00. The van der Waals surface area contributed by atoms with E-state index in [9.17, 15) is 19.0 Å². The van der Waals surface area contributed by atoms with Crippen molar-refractivity contribution in [2.75, 3.05) is 19.8 Å². The Kier molecular flexibility index (Phi) is 4.93. The van der Waals surface area contributed by atoms with E-state index in [0.717, 1.165) is 0 Å². The van der Waals surface area contributed by atoms with Crippen LogP contribution in [0.25, 0.3) is 5.52 Å². The van der Waals surface area contributed by atoms with Crippen molar-refractivity contribution in [3.8, 4) is 0 Å². The van der Waals surface area contributed by atoms with Crippen LogP contribution in [-0.4, -0.2) is 40.3 Å². The van der Waals surface area contributed by atoms with Gasteiger partial charge in [-0.1, -0.05) is 11.6 Å². The molecule has 5 nitrogen and oxygen atoms in total. The summed E-state index contributed by atoms with van der Waals surface area (Å²) in [6, 6.07) is 5.23. The topological polar surface area (TPSA) is 66.1 Å². The van der Waals surface area contributed by atoms with Gasteiger partial charge in [0.25, 0.3) is 0 Å². The molecular weight excluding hydrogens is 378 g/mol. The molecule has 1 aliphatic heterocycles. The molecule has 0 bridgehead atoms. The van der Waals surface area contributed by atoms with Crippen LogP contribution in [0.4, 0.5) is 8.78 Å². The Hall–Kier alpha value is -1.25. The lowest BCUT2D eigenvalue weighted by atomic mass is 9.87. The number of halogens is 3. The molecule has 1 unspecified atom stereocenters. The van der Waals surface area contributed by atoms with E-state index in [4.69, 9.17) is 16.3 Å². The second-order valence-corrected chi connectivity index (χ2v) is 8.10. The van der Waals surface area contributed by atoms with Gasteiger partial charge in [-0.3, -0.25) is 5.32 Å². The van der Waals surface area contributed by atoms with Gasteiger partial charge in [-0.05, 0) is 37.0 Å². The number of ether oxygens (including phenoxy) is 1. The standard InChI is InChI=1S/C19H23ClF2N2O3/c20-14-2-1-7-24-15(18(26)10-27-11-18)8-13(16(14)24)17(25)23-9-12-3-5-19(21,22)6-4-12/h1-2,7-8,12,17,23,25-26H,3-6,9-11H2. The fourth-order valence-electron chi connectivity index (χ4n) is 3.95. The van der Waals surface area contributed by atoms with Gasteiger partial charge in [0.1, 0.15) is 6.23 Å². The van der Waals surface area contributed by atoms with E-state index in [1.54, 1.807) is 28.8 Å². The predicted molar refractivity (Wildman–Crippen MR) is 97.0 cm³/mol. The molecular formula is C19H23ClF2N2O3. The normalized spacial score (nSPS) is 23.3. The number of rotatable bonds is 5. The largest absolute Gasteiger partial charge is 0.379 e. The van der Waals surface area contributed by atoms with Gasteiger partial charge in [0.05, 0.1) is 29.4 Å². The average molecular weight is 401 g/mol. The van der Waals surface area contributed by atoms with Crippen molar-refractivity contribution in [1.82, 2.24) is 9.72 Å². The minimum absolute atomic E-state index is 0.104. The highest BCUT2D eigenvalue weighted by Crippen LogP contribution is 2.38. The van der Waals surface area contributed by atoms with E-state index in [1.807, 2.05) is 0 Å². The Labute approximate surface area is 160 Å². The first kappa shape index (κ1) is 19.1. The van der Waals surface area contributed by atoms with Gasteiger partial charge in [0.2, 0.25) is 5.92 Å². The van der Waals surface area contributed by atoms with Crippen LogP contribution in [0.5, 0.6) is 0 Å². The Morgan fingerprint density at radius 3 is 2.67 bits per heavy atom. The number of aliphatic hydroxyl groups excluding tert-OH is 1. The van der Waals surface area contributed by atoms with Gasteiger partial charge in [-0.15, -0.1) is 0 Å². The third kappa shape index (κ3) is 3.59. The molecule has 1 saturated heterocycles. The van der Waals surface area contributed by atoms with Crippen LogP contribution >= 0.6 is 11.6 Å². The van der Waals surface area contributed by atoms with Crippen molar-refractivity contribution in [1.29, 1.82) is 0 Å². The summed E-state index contributed by atoms with van der Waals surface area (Å²) in [5.41, 5.74) is 0.668. The maximum atomic E-state index is 13.3. The number of aliphatic hydroxyl groups is 2. The first-order valence-electron chi connectivity index (χ1n) is 9.18. The van der Waals surface area contributed by atoms with Gasteiger partial charge in [0.15, 0.2) is 5.60 Å². The summed E-state index contributed by atoms with van der Waals surface area (Å²) in [4.78, 5) is 0. The quantitative estimate of drug-likeness (QED) is 0.674. The van der Waals surface area contributed by atoms with E-state index in [2.05, 4.69) is 5.32 Å². The molecule has 1 aliphatic carbocycles. The lowest BCUT2D eigenvalue weighted by Gasteiger charge is -2.36. The number of hydrogen-bond donors (Lipinski definition) is 3. The molecule has 8 heteroatoms. The number of nitrogens with zero attached hydrogens (tertiary/aromatic N) is 1. The van der Waals surface area contributed by atoms with Crippen molar-refractivity contribution in [2.24, 2.45) is 5.92 Å². The number of nitrogens with one attached hydrogen (secondary N) is 1. The second kappa shape index (κ2) is 6.97. The summed E-state index contributed by atoms with van der Waals surface area (Å²) in [5, 5.41) is 24.9. The highest BCUT2D eigenvalue weighted by Gasteiger charge is 2.41. The van der Waals surface area contributed by atoms with E-state index >= 15 is 0 Å². The smallest absolute Gasteiger partial charge is 0.248 e. The molecule has 0 aromatic carbocycles. The van der Waals surface area contributed by atoms with Crippen LogP contribution in [0.15, 0.2) is 24.4 Å². The third-order valence-electron chi connectivity index (χ3n) is 5.66. The summed E-state index contributed by atoms with van der Waals surface area (Å²) in [6.45, 7) is 0.817. The molecule has 2 aromatic rings. The number of alkyl halides is 2. The molecule has 27 heavy (non-hydrogen) atoms. The summed E-state index contributed by atoms with van der Waals surface area (Å²) >= 11 is 6.36. The third-order valence-corrected chi connectivity index (χ3v) is 5.96. The zero-order valence-corrected chi connectivity index (χ0v) is 15.6. The molecule has 3 heterocycles. The minimum atomic E-state index is -2.56. The number of aromatic nitrogens is 1. The first-order chi connectivity index (χ1) is 12.8. The van der Waals surface area contributed by atoms with Crippen LogP contribution < -0.4 is 5.32 Å². The van der Waals surface area contributed by atoms with E-state index < -0.39 is 17.8 Å². The summed E-state index contributed by atoms with van der Waals surface area (Å²) in [6.07, 6.45) is 1.44. The lowest BCUT2D eigenvalue weighted by Crippen LogP contribution is -2.47. The predicted octanol–water partition coefficient (Wildman–Crippen LogP) is 3.22. The van der Waals surface area contributed by atoms with Crippen molar-refractivity contribution in [2.45, 2.75) is 43.4 Å². The van der Waals surface area contributed by atoms with Gasteiger partial charge in [0, 0.05) is 31.1 Å². The molecule has 3 N–H and O–H groups in total. The fraction of sp³-hybridized carbons (Fsp3) is 0.579. The number of hydrogen-bond acceptors (Lipinski definition) is 4. The Morgan fingerprint density at radius 2 is 2.04 bits per heavy atom. The molecule has 1 atom stereocenters. The SMILES string of the molecule is OC(NCC1CCC(F)(F)CC1)c1cc(C2(O)COC2)n2cccc(Cl)c12. The monoisotopic (exact) mass is 400 g/mol. The van der Waals surface area contributed by atoms with Gasteiger partial charge in [-0.25, -0.2) is 8.78 Å².